The van der Waals surface area contributed by atoms with Crippen molar-refractivity contribution in [1.82, 2.24) is 4.90 Å². The van der Waals surface area contributed by atoms with Crippen molar-refractivity contribution in [1.29, 1.82) is 0 Å². The molecular formula is C16H26N2O. The number of hydrogen-bond acceptors (Lipinski definition) is 3. The number of nitrogens with zero attached hydrogens (tertiary/aromatic N) is 2. The predicted molar refractivity (Wildman–Crippen MR) is 80.6 cm³/mol. The fourth-order valence-corrected chi connectivity index (χ4v) is 2.72. The predicted octanol–water partition coefficient (Wildman–Crippen LogP) is 2.36. The zero-order valence-corrected chi connectivity index (χ0v) is 11.8. The maximum atomic E-state index is 9.04. The normalized spacial score (nSPS) is 16.5. The van der Waals surface area contributed by atoms with E-state index in [2.05, 4.69) is 40.1 Å². The van der Waals surface area contributed by atoms with Crippen LogP contribution in [0, 0.1) is 0 Å². The fourth-order valence-electron chi connectivity index (χ4n) is 2.72. The number of rotatable bonds is 7. The van der Waals surface area contributed by atoms with Gasteiger partial charge in [0, 0.05) is 31.9 Å². The Bertz CT molecular complexity index is 336. The van der Waals surface area contributed by atoms with E-state index in [1.165, 1.54) is 38.0 Å². The minimum Gasteiger partial charge on any atom is -0.396 e. The monoisotopic (exact) mass is 262 g/mol. The molecule has 19 heavy (non-hydrogen) atoms. The molecule has 3 heteroatoms. The van der Waals surface area contributed by atoms with Crippen molar-refractivity contribution in [2.24, 2.45) is 0 Å². The number of benzene rings is 1. The summed E-state index contributed by atoms with van der Waals surface area (Å²) in [6.45, 7) is 5.91. The largest absolute Gasteiger partial charge is 0.396 e. The third kappa shape index (κ3) is 4.84. The molecule has 3 nitrogen and oxygen atoms in total. The van der Waals surface area contributed by atoms with Crippen LogP contribution in [0.2, 0.25) is 0 Å². The quantitative estimate of drug-likeness (QED) is 0.817. The second-order valence-electron chi connectivity index (χ2n) is 5.30. The van der Waals surface area contributed by atoms with Crippen molar-refractivity contribution in [3.8, 4) is 0 Å². The third-order valence-corrected chi connectivity index (χ3v) is 3.84. The minimum absolute atomic E-state index is 0.271. The molecule has 1 saturated heterocycles. The second-order valence-corrected chi connectivity index (χ2v) is 5.30. The second kappa shape index (κ2) is 8.18. The molecule has 1 fully saturated rings. The third-order valence-electron chi connectivity index (χ3n) is 3.84. The van der Waals surface area contributed by atoms with E-state index in [9.17, 15) is 0 Å². The van der Waals surface area contributed by atoms with Crippen LogP contribution in [-0.4, -0.2) is 49.3 Å². The molecule has 2 rings (SSSR count). The van der Waals surface area contributed by atoms with Crippen molar-refractivity contribution >= 4 is 5.69 Å². The SMILES string of the molecule is OCCCN(CCN1CCCCC1)c1ccccc1. The highest BCUT2D eigenvalue weighted by molar-refractivity contribution is 5.45. The lowest BCUT2D eigenvalue weighted by atomic mass is 10.1. The van der Waals surface area contributed by atoms with Gasteiger partial charge in [-0.1, -0.05) is 24.6 Å². The fraction of sp³-hybridized carbons (Fsp3) is 0.625. The summed E-state index contributed by atoms with van der Waals surface area (Å²) in [5.74, 6) is 0. The first-order valence-corrected chi connectivity index (χ1v) is 7.53. The zero-order valence-electron chi connectivity index (χ0n) is 11.8. The first-order chi connectivity index (χ1) is 9.40. The van der Waals surface area contributed by atoms with Crippen LogP contribution in [0.3, 0.4) is 0 Å². The Morgan fingerprint density at radius 1 is 1.00 bits per heavy atom. The van der Waals surface area contributed by atoms with Crippen molar-refractivity contribution in [2.45, 2.75) is 25.7 Å². The van der Waals surface area contributed by atoms with E-state index in [4.69, 9.17) is 5.11 Å². The van der Waals surface area contributed by atoms with E-state index in [1.54, 1.807) is 0 Å². The Balaban J connectivity index is 1.86. The van der Waals surface area contributed by atoms with Crippen molar-refractivity contribution < 1.29 is 5.11 Å². The summed E-state index contributed by atoms with van der Waals surface area (Å²) in [7, 11) is 0. The van der Waals surface area contributed by atoms with E-state index in [0.29, 0.717) is 0 Å². The van der Waals surface area contributed by atoms with Gasteiger partial charge in [-0.05, 0) is 44.5 Å². The number of likely N-dealkylation sites (tertiary alicyclic amines) is 1. The molecule has 1 aliphatic rings. The van der Waals surface area contributed by atoms with Gasteiger partial charge >= 0.3 is 0 Å². The van der Waals surface area contributed by atoms with E-state index >= 15 is 0 Å². The molecular weight excluding hydrogens is 236 g/mol. The highest BCUT2D eigenvalue weighted by Gasteiger charge is 2.12. The summed E-state index contributed by atoms with van der Waals surface area (Å²) in [6.07, 6.45) is 4.93. The zero-order chi connectivity index (χ0) is 13.3. The lowest BCUT2D eigenvalue weighted by Crippen LogP contribution is -2.38. The molecule has 0 unspecified atom stereocenters. The van der Waals surface area contributed by atoms with Crippen LogP contribution in [0.5, 0.6) is 0 Å². The molecule has 1 N–H and O–H groups in total. The van der Waals surface area contributed by atoms with Gasteiger partial charge in [-0.2, -0.15) is 0 Å². The number of piperidine rings is 1. The van der Waals surface area contributed by atoms with Crippen LogP contribution in [-0.2, 0) is 0 Å². The molecule has 1 aliphatic heterocycles. The molecule has 0 bridgehead atoms. The lowest BCUT2D eigenvalue weighted by molar-refractivity contribution is 0.232. The highest BCUT2D eigenvalue weighted by atomic mass is 16.3. The van der Waals surface area contributed by atoms with Gasteiger partial charge in [0.2, 0.25) is 0 Å². The average molecular weight is 262 g/mol. The molecule has 0 spiro atoms. The van der Waals surface area contributed by atoms with Gasteiger partial charge in [0.25, 0.3) is 0 Å². The van der Waals surface area contributed by atoms with Gasteiger partial charge < -0.3 is 14.9 Å². The number of aliphatic hydroxyl groups excluding tert-OH is 1. The van der Waals surface area contributed by atoms with E-state index in [1.807, 2.05) is 0 Å². The minimum atomic E-state index is 0.271. The van der Waals surface area contributed by atoms with Gasteiger partial charge in [-0.3, -0.25) is 0 Å². The number of para-hydroxylation sites is 1. The standard InChI is InChI=1S/C16H26N2O/c19-15-7-12-18(16-8-3-1-4-9-16)14-13-17-10-5-2-6-11-17/h1,3-4,8-9,19H,2,5-7,10-15H2. The summed E-state index contributed by atoms with van der Waals surface area (Å²) in [5, 5.41) is 9.04. The maximum absolute atomic E-state index is 9.04. The lowest BCUT2D eigenvalue weighted by Gasteiger charge is -2.31. The molecule has 0 aliphatic carbocycles. The van der Waals surface area contributed by atoms with E-state index < -0.39 is 0 Å². The Labute approximate surface area is 116 Å². The molecule has 0 aromatic heterocycles. The summed E-state index contributed by atoms with van der Waals surface area (Å²) in [6, 6.07) is 10.5. The van der Waals surface area contributed by atoms with Gasteiger partial charge in [0.15, 0.2) is 0 Å². The smallest absolute Gasteiger partial charge is 0.0447 e. The van der Waals surface area contributed by atoms with E-state index in [-0.39, 0.29) is 6.61 Å². The van der Waals surface area contributed by atoms with Crippen LogP contribution >= 0.6 is 0 Å². The molecule has 0 amide bonds. The summed E-state index contributed by atoms with van der Waals surface area (Å²) in [5.41, 5.74) is 1.27. The van der Waals surface area contributed by atoms with Crippen LogP contribution < -0.4 is 4.90 Å². The molecule has 0 radical (unpaired) electrons. The summed E-state index contributed by atoms with van der Waals surface area (Å²) in [4.78, 5) is 4.96. The molecule has 1 heterocycles. The average Bonchev–Trinajstić information content (AvgIpc) is 2.49. The Hall–Kier alpha value is -1.06. The molecule has 106 valence electrons. The number of aliphatic hydroxyl groups is 1. The van der Waals surface area contributed by atoms with E-state index in [0.717, 1.165) is 26.1 Å². The number of hydrogen-bond donors (Lipinski definition) is 1. The Morgan fingerprint density at radius 3 is 2.42 bits per heavy atom. The van der Waals surface area contributed by atoms with Crippen LogP contribution in [0.25, 0.3) is 0 Å². The first kappa shape index (κ1) is 14.4. The number of anilines is 1. The van der Waals surface area contributed by atoms with Gasteiger partial charge in [-0.15, -0.1) is 0 Å². The maximum Gasteiger partial charge on any atom is 0.0447 e. The molecule has 1 aromatic rings. The molecule has 1 aromatic carbocycles. The molecule has 0 atom stereocenters. The summed E-state index contributed by atoms with van der Waals surface area (Å²) >= 11 is 0. The van der Waals surface area contributed by atoms with Crippen molar-refractivity contribution in [3.05, 3.63) is 30.3 Å². The Morgan fingerprint density at radius 2 is 1.74 bits per heavy atom. The first-order valence-electron chi connectivity index (χ1n) is 7.53. The van der Waals surface area contributed by atoms with Gasteiger partial charge in [0.1, 0.15) is 0 Å². The Kier molecular flexibility index (Phi) is 6.18. The topological polar surface area (TPSA) is 26.7 Å². The van der Waals surface area contributed by atoms with Gasteiger partial charge in [0.05, 0.1) is 0 Å². The van der Waals surface area contributed by atoms with Gasteiger partial charge in [-0.25, -0.2) is 0 Å². The van der Waals surface area contributed by atoms with Crippen LogP contribution in [0.15, 0.2) is 30.3 Å². The van der Waals surface area contributed by atoms with Crippen molar-refractivity contribution in [3.63, 3.8) is 0 Å². The van der Waals surface area contributed by atoms with Crippen molar-refractivity contribution in [2.75, 3.05) is 44.2 Å². The highest BCUT2D eigenvalue weighted by Crippen LogP contribution is 2.14. The van der Waals surface area contributed by atoms with Crippen LogP contribution in [0.4, 0.5) is 5.69 Å². The van der Waals surface area contributed by atoms with Crippen LogP contribution in [0.1, 0.15) is 25.7 Å². The molecule has 0 saturated carbocycles. The summed E-state index contributed by atoms with van der Waals surface area (Å²) < 4.78 is 0.